The van der Waals surface area contributed by atoms with Gasteiger partial charge in [0.2, 0.25) is 0 Å². The van der Waals surface area contributed by atoms with Crippen LogP contribution in [0.15, 0.2) is 18.2 Å². The molecule has 1 amide bonds. The second-order valence-electron chi connectivity index (χ2n) is 3.72. The maximum Gasteiger partial charge on any atom is 0.321 e. The smallest absolute Gasteiger partial charge is 0.321 e. The molecule has 0 fully saturated rings. The van der Waals surface area contributed by atoms with E-state index in [1.54, 1.807) is 13.0 Å². The first-order valence-electron chi connectivity index (χ1n) is 5.21. The summed E-state index contributed by atoms with van der Waals surface area (Å²) < 4.78 is 17.6. The molecule has 1 aromatic rings. The number of amides is 1. The van der Waals surface area contributed by atoms with Gasteiger partial charge in [0.05, 0.1) is 7.11 Å². The molecule has 0 aliphatic heterocycles. The van der Waals surface area contributed by atoms with Gasteiger partial charge >= 0.3 is 5.97 Å². The van der Waals surface area contributed by atoms with Crippen molar-refractivity contribution < 1.29 is 18.7 Å². The van der Waals surface area contributed by atoms with Crippen LogP contribution in [0.3, 0.4) is 0 Å². The molecule has 0 aliphatic carbocycles. The van der Waals surface area contributed by atoms with E-state index in [4.69, 9.17) is 0 Å². The Kier molecular flexibility index (Phi) is 5.27. The fraction of sp³-hybridized carbons (Fsp3) is 0.333. The molecule has 18 heavy (non-hydrogen) atoms. The summed E-state index contributed by atoms with van der Waals surface area (Å²) in [7, 11) is 1.26. The van der Waals surface area contributed by atoms with Gasteiger partial charge in [0.15, 0.2) is 0 Å². The molecule has 1 aromatic carbocycles. The van der Waals surface area contributed by atoms with E-state index in [0.717, 1.165) is 6.07 Å². The molecule has 0 bridgehead atoms. The normalized spacial score (nSPS) is 11.8. The number of hydrogen-bond acceptors (Lipinski definition) is 3. The van der Waals surface area contributed by atoms with Crippen molar-refractivity contribution in [2.24, 2.45) is 0 Å². The Hall–Kier alpha value is -1.43. The summed E-state index contributed by atoms with van der Waals surface area (Å²) >= 11 is 3.07. The predicted octanol–water partition coefficient (Wildman–Crippen LogP) is 1.80. The summed E-state index contributed by atoms with van der Waals surface area (Å²) in [5.74, 6) is -1.39. The maximum absolute atomic E-state index is 13.1. The Bertz CT molecular complexity index is 444. The highest BCUT2D eigenvalue weighted by Gasteiger charge is 2.16. The van der Waals surface area contributed by atoms with Crippen LogP contribution in [0.4, 0.5) is 4.39 Å². The molecule has 1 rings (SSSR count). The Balaban J connectivity index is 2.63. The first-order valence-corrected chi connectivity index (χ1v) is 6.13. The Morgan fingerprint density at radius 2 is 2.11 bits per heavy atom. The molecule has 0 radical (unpaired) electrons. The van der Waals surface area contributed by atoms with Crippen LogP contribution in [-0.2, 0) is 9.53 Å². The van der Waals surface area contributed by atoms with Gasteiger partial charge in [-0.05, 0) is 30.7 Å². The molecule has 0 aromatic heterocycles. The molecule has 0 saturated heterocycles. The zero-order valence-corrected chi connectivity index (χ0v) is 11.6. The zero-order valence-electron chi connectivity index (χ0n) is 10.00. The molecule has 1 atom stereocenters. The van der Waals surface area contributed by atoms with Crippen molar-refractivity contribution in [1.29, 1.82) is 0 Å². The number of ether oxygens (including phenoxy) is 1. The number of aryl methyl sites for hydroxylation is 1. The topological polar surface area (TPSA) is 55.4 Å². The van der Waals surface area contributed by atoms with Gasteiger partial charge in [0.1, 0.15) is 10.6 Å². The van der Waals surface area contributed by atoms with Gasteiger partial charge < -0.3 is 10.1 Å². The number of methoxy groups -OCH3 is 1. The van der Waals surface area contributed by atoms with E-state index in [2.05, 4.69) is 26.0 Å². The Morgan fingerprint density at radius 1 is 1.44 bits per heavy atom. The van der Waals surface area contributed by atoms with E-state index >= 15 is 0 Å². The van der Waals surface area contributed by atoms with Crippen molar-refractivity contribution >= 4 is 27.8 Å². The minimum Gasteiger partial charge on any atom is -0.468 e. The van der Waals surface area contributed by atoms with Gasteiger partial charge in [-0.1, -0.05) is 15.9 Å². The summed E-state index contributed by atoms with van der Waals surface area (Å²) in [4.78, 5) is 22.2. The summed E-state index contributed by atoms with van der Waals surface area (Å²) in [5, 5.41) is 2.52. The number of esters is 1. The van der Waals surface area contributed by atoms with Gasteiger partial charge in [-0.2, -0.15) is 0 Å². The highest BCUT2D eigenvalue weighted by molar-refractivity contribution is 9.10. The van der Waals surface area contributed by atoms with Crippen LogP contribution in [0, 0.1) is 12.7 Å². The lowest BCUT2D eigenvalue weighted by Gasteiger charge is -2.09. The summed E-state index contributed by atoms with van der Waals surface area (Å²) in [6.45, 7) is 1.77. The largest absolute Gasteiger partial charge is 0.468 e. The van der Waals surface area contributed by atoms with E-state index in [-0.39, 0.29) is 12.1 Å². The second kappa shape index (κ2) is 6.49. The minimum absolute atomic E-state index is 0.0705. The van der Waals surface area contributed by atoms with Crippen LogP contribution in [0.25, 0.3) is 0 Å². The van der Waals surface area contributed by atoms with E-state index in [1.165, 1.54) is 13.2 Å². The van der Waals surface area contributed by atoms with Crippen LogP contribution in [-0.4, -0.2) is 30.4 Å². The van der Waals surface area contributed by atoms with Crippen LogP contribution in [0.5, 0.6) is 0 Å². The third kappa shape index (κ3) is 4.10. The van der Waals surface area contributed by atoms with Gasteiger partial charge in [-0.15, -0.1) is 0 Å². The summed E-state index contributed by atoms with van der Waals surface area (Å²) in [5.41, 5.74) is 0.876. The fourth-order valence-corrected chi connectivity index (χ4v) is 1.71. The van der Waals surface area contributed by atoms with Crippen molar-refractivity contribution in [3.05, 3.63) is 35.1 Å². The molecule has 0 saturated carbocycles. The van der Waals surface area contributed by atoms with Crippen molar-refractivity contribution in [2.45, 2.75) is 11.8 Å². The first kappa shape index (κ1) is 14.6. The van der Waals surface area contributed by atoms with Crippen molar-refractivity contribution in [2.75, 3.05) is 13.7 Å². The minimum atomic E-state index is -0.624. The number of rotatable bonds is 4. The van der Waals surface area contributed by atoms with E-state index in [0.29, 0.717) is 5.56 Å². The van der Waals surface area contributed by atoms with Gasteiger partial charge in [-0.25, -0.2) is 4.39 Å². The van der Waals surface area contributed by atoms with E-state index in [1.807, 2.05) is 0 Å². The van der Waals surface area contributed by atoms with Crippen molar-refractivity contribution in [1.82, 2.24) is 5.32 Å². The average Bonchev–Trinajstić information content (AvgIpc) is 2.33. The molecule has 0 spiro atoms. The molecule has 0 heterocycles. The average molecular weight is 318 g/mol. The van der Waals surface area contributed by atoms with Gasteiger partial charge in [0, 0.05) is 12.1 Å². The SMILES string of the molecule is COC(=O)C(Br)CNC(=O)c1cc(C)cc(F)c1. The monoisotopic (exact) mass is 317 g/mol. The van der Waals surface area contributed by atoms with Gasteiger partial charge in [-0.3, -0.25) is 9.59 Å². The van der Waals surface area contributed by atoms with Gasteiger partial charge in [0.25, 0.3) is 5.91 Å². The standard InChI is InChI=1S/C12H13BrFNO3/c1-7-3-8(5-9(14)4-7)11(16)15-6-10(13)12(17)18-2/h3-5,10H,6H2,1-2H3,(H,15,16). The van der Waals surface area contributed by atoms with Crippen LogP contribution >= 0.6 is 15.9 Å². The quantitative estimate of drug-likeness (QED) is 0.680. The third-order valence-electron chi connectivity index (χ3n) is 2.20. The molecule has 1 unspecified atom stereocenters. The Labute approximate surface area is 113 Å². The number of benzene rings is 1. The highest BCUT2D eigenvalue weighted by atomic mass is 79.9. The van der Waals surface area contributed by atoms with Crippen LogP contribution in [0.2, 0.25) is 0 Å². The number of alkyl halides is 1. The molecule has 4 nitrogen and oxygen atoms in total. The second-order valence-corrected chi connectivity index (χ2v) is 4.82. The Morgan fingerprint density at radius 3 is 2.67 bits per heavy atom. The molecule has 6 heteroatoms. The summed E-state index contributed by atoms with van der Waals surface area (Å²) in [6, 6.07) is 4.04. The van der Waals surface area contributed by atoms with Crippen LogP contribution < -0.4 is 5.32 Å². The number of carbonyl (C=O) groups excluding carboxylic acids is 2. The van der Waals surface area contributed by atoms with Crippen LogP contribution in [0.1, 0.15) is 15.9 Å². The molecule has 0 aliphatic rings. The van der Waals surface area contributed by atoms with Crippen molar-refractivity contribution in [3.8, 4) is 0 Å². The lowest BCUT2D eigenvalue weighted by atomic mass is 10.1. The molecule has 1 N–H and O–H groups in total. The van der Waals surface area contributed by atoms with E-state index in [9.17, 15) is 14.0 Å². The van der Waals surface area contributed by atoms with E-state index < -0.39 is 22.5 Å². The lowest BCUT2D eigenvalue weighted by Crippen LogP contribution is -2.34. The molecule has 98 valence electrons. The lowest BCUT2D eigenvalue weighted by molar-refractivity contribution is -0.139. The number of hydrogen-bond donors (Lipinski definition) is 1. The fourth-order valence-electron chi connectivity index (χ4n) is 1.36. The summed E-state index contributed by atoms with van der Waals surface area (Å²) in [6.07, 6.45) is 0. The number of halogens is 2. The van der Waals surface area contributed by atoms with Crippen molar-refractivity contribution in [3.63, 3.8) is 0 Å². The predicted molar refractivity (Wildman–Crippen MR) is 68.2 cm³/mol. The highest BCUT2D eigenvalue weighted by Crippen LogP contribution is 2.08. The molecular weight excluding hydrogens is 305 g/mol. The third-order valence-corrected chi connectivity index (χ3v) is 2.90. The number of nitrogens with one attached hydrogen (secondary N) is 1. The first-order chi connectivity index (χ1) is 8.43. The number of carbonyl (C=O) groups is 2. The maximum atomic E-state index is 13.1. The zero-order chi connectivity index (χ0) is 13.7. The molecular formula is C12H13BrFNO3.